The highest BCUT2D eigenvalue weighted by molar-refractivity contribution is 6.23. The van der Waals surface area contributed by atoms with Crippen molar-refractivity contribution in [1.82, 2.24) is 0 Å². The molecule has 0 N–H and O–H groups in total. The normalized spacial score (nSPS) is 17.6. The molecule has 9 aromatic carbocycles. The number of anilines is 6. The molecule has 2 unspecified atom stereocenters. The first kappa shape index (κ1) is 39.9. The molecule has 0 fully saturated rings. The van der Waals surface area contributed by atoms with Gasteiger partial charge >= 0.3 is 0 Å². The zero-order valence-corrected chi connectivity index (χ0v) is 38.9. The van der Waals surface area contributed by atoms with Gasteiger partial charge in [-0.1, -0.05) is 171 Å². The van der Waals surface area contributed by atoms with Crippen LogP contribution in [-0.2, 0) is 31.1 Å². The van der Waals surface area contributed by atoms with Gasteiger partial charge in [0.25, 0.3) is 0 Å². The van der Waals surface area contributed by atoms with Crippen LogP contribution in [0.1, 0.15) is 64.3 Å². The average molecular weight is 863 g/mol. The Hall–Kier alpha value is -7.42. The van der Waals surface area contributed by atoms with Crippen LogP contribution < -0.4 is 9.80 Å². The zero-order valence-electron chi connectivity index (χ0n) is 38.9. The topological polar surface area (TPSA) is 6.48 Å². The summed E-state index contributed by atoms with van der Waals surface area (Å²) in [5.74, 6) is 0.820. The first-order valence-electron chi connectivity index (χ1n) is 24.3. The standard InChI is InChI=1S/C65H54N2/c1-41-35-42(2)37-48(36-41)64-54-34-31-49(66-59-21-11-5-15-43(59)25-26-44-16-6-12-22-60(44)66)39-55(54)63(47-29-32-52-51-19-9-10-20-57(51)65(3,4)58(52)38-47)53-33-30-50(40-56(53)64)67-61-23-13-7-17-45(61)27-28-46-18-8-14-24-62(46)67/h5-24,29-40,51,57H,25-28H2,1-4H3. The van der Waals surface area contributed by atoms with Crippen molar-refractivity contribution in [2.75, 3.05) is 9.80 Å². The molecule has 324 valence electrons. The van der Waals surface area contributed by atoms with Crippen LogP contribution in [0, 0.1) is 19.8 Å². The van der Waals surface area contributed by atoms with Gasteiger partial charge in [-0.05, 0) is 177 Å². The quantitative estimate of drug-likeness (QED) is 0.163. The van der Waals surface area contributed by atoms with Gasteiger partial charge in [0.15, 0.2) is 0 Å². The van der Waals surface area contributed by atoms with Gasteiger partial charge in [-0.15, -0.1) is 0 Å². The maximum Gasteiger partial charge on any atom is 0.0493 e. The van der Waals surface area contributed by atoms with Gasteiger partial charge in [-0.2, -0.15) is 0 Å². The summed E-state index contributed by atoms with van der Waals surface area (Å²) in [5, 5.41) is 5.07. The second-order valence-corrected chi connectivity index (χ2v) is 20.1. The van der Waals surface area contributed by atoms with Gasteiger partial charge in [0, 0.05) is 40.0 Å². The minimum absolute atomic E-state index is 0.0206. The molecule has 0 bridgehead atoms. The highest BCUT2D eigenvalue weighted by Gasteiger charge is 2.44. The second kappa shape index (κ2) is 15.3. The number of fused-ring (bicyclic) bond motifs is 9. The number of nitrogens with zero attached hydrogens (tertiary/aromatic N) is 2. The summed E-state index contributed by atoms with van der Waals surface area (Å²) < 4.78 is 0. The molecule has 2 nitrogen and oxygen atoms in total. The van der Waals surface area contributed by atoms with Crippen molar-refractivity contribution in [3.05, 3.63) is 239 Å². The fourth-order valence-corrected chi connectivity index (χ4v) is 12.7. The molecule has 13 rings (SSSR count). The molecule has 0 saturated carbocycles. The van der Waals surface area contributed by atoms with Crippen LogP contribution in [0.15, 0.2) is 194 Å². The molecule has 9 aromatic rings. The molecular formula is C65H54N2. The second-order valence-electron chi connectivity index (χ2n) is 20.1. The molecule has 2 aliphatic carbocycles. The van der Waals surface area contributed by atoms with E-state index in [9.17, 15) is 0 Å². The Morgan fingerprint density at radius 2 is 0.866 bits per heavy atom. The van der Waals surface area contributed by atoms with Crippen LogP contribution in [0.2, 0.25) is 0 Å². The van der Waals surface area contributed by atoms with E-state index in [4.69, 9.17) is 0 Å². The van der Waals surface area contributed by atoms with E-state index in [0.717, 1.165) is 25.7 Å². The first-order chi connectivity index (χ1) is 32.8. The van der Waals surface area contributed by atoms with Gasteiger partial charge in [0.2, 0.25) is 0 Å². The van der Waals surface area contributed by atoms with Crippen LogP contribution in [0.4, 0.5) is 34.1 Å². The largest absolute Gasteiger partial charge is 0.310 e. The number of hydrogen-bond acceptors (Lipinski definition) is 2. The number of aryl methyl sites for hydroxylation is 6. The fraction of sp³-hybridized carbons (Fsp3) is 0.169. The molecule has 67 heavy (non-hydrogen) atoms. The summed E-state index contributed by atoms with van der Waals surface area (Å²) in [6.07, 6.45) is 13.4. The van der Waals surface area contributed by atoms with Crippen LogP contribution in [0.5, 0.6) is 0 Å². The van der Waals surface area contributed by atoms with E-state index in [0.29, 0.717) is 11.8 Å². The van der Waals surface area contributed by atoms with Crippen LogP contribution >= 0.6 is 0 Å². The van der Waals surface area contributed by atoms with Crippen molar-refractivity contribution < 1.29 is 0 Å². The van der Waals surface area contributed by atoms with Gasteiger partial charge in [-0.3, -0.25) is 0 Å². The van der Waals surface area contributed by atoms with Gasteiger partial charge < -0.3 is 9.80 Å². The molecule has 0 aromatic heterocycles. The predicted molar refractivity (Wildman–Crippen MR) is 284 cm³/mol. The van der Waals surface area contributed by atoms with E-state index >= 15 is 0 Å². The van der Waals surface area contributed by atoms with Crippen molar-refractivity contribution in [2.24, 2.45) is 5.92 Å². The van der Waals surface area contributed by atoms with Crippen molar-refractivity contribution >= 4 is 55.7 Å². The summed E-state index contributed by atoms with van der Waals surface area (Å²) in [7, 11) is 0. The Morgan fingerprint density at radius 3 is 1.36 bits per heavy atom. The Labute approximate surface area is 395 Å². The minimum Gasteiger partial charge on any atom is -0.310 e. The lowest BCUT2D eigenvalue weighted by Gasteiger charge is -2.30. The molecule has 2 heterocycles. The van der Waals surface area contributed by atoms with Gasteiger partial charge in [0.05, 0.1) is 0 Å². The van der Waals surface area contributed by atoms with Gasteiger partial charge in [-0.25, -0.2) is 0 Å². The van der Waals surface area contributed by atoms with Crippen molar-refractivity contribution in [3.8, 4) is 22.3 Å². The molecule has 0 radical (unpaired) electrons. The third-order valence-electron chi connectivity index (χ3n) is 15.7. The lowest BCUT2D eigenvalue weighted by Crippen LogP contribution is -2.24. The van der Waals surface area contributed by atoms with E-state index in [1.807, 2.05) is 0 Å². The summed E-state index contributed by atoms with van der Waals surface area (Å²) in [6, 6.07) is 65.4. The Morgan fingerprint density at radius 1 is 0.418 bits per heavy atom. The maximum absolute atomic E-state index is 2.57. The molecule has 0 saturated heterocycles. The third-order valence-corrected chi connectivity index (χ3v) is 15.7. The molecule has 2 aliphatic heterocycles. The van der Waals surface area contributed by atoms with Crippen molar-refractivity contribution in [1.29, 1.82) is 0 Å². The van der Waals surface area contributed by atoms with Crippen molar-refractivity contribution in [3.63, 3.8) is 0 Å². The summed E-state index contributed by atoms with van der Waals surface area (Å²) in [5.41, 5.74) is 23.4. The number of para-hydroxylation sites is 4. The highest BCUT2D eigenvalue weighted by atomic mass is 15.2. The van der Waals surface area contributed by atoms with E-state index in [1.54, 1.807) is 0 Å². The Bertz CT molecular complexity index is 3450. The van der Waals surface area contributed by atoms with Crippen LogP contribution in [0.25, 0.3) is 43.8 Å². The molecule has 0 amide bonds. The summed E-state index contributed by atoms with van der Waals surface area (Å²) in [4.78, 5) is 5.07. The van der Waals surface area contributed by atoms with E-state index in [1.165, 1.54) is 122 Å². The first-order valence-corrected chi connectivity index (χ1v) is 24.3. The number of benzene rings is 9. The Balaban J connectivity index is 1.15. The summed E-state index contributed by atoms with van der Waals surface area (Å²) >= 11 is 0. The molecule has 2 atom stereocenters. The monoisotopic (exact) mass is 862 g/mol. The highest BCUT2D eigenvalue weighted by Crippen LogP contribution is 2.55. The zero-order chi connectivity index (χ0) is 45.0. The SMILES string of the molecule is Cc1cc(C)cc(-c2c3ccc(N4c5ccccc5CCc5ccccc54)cc3c(-c3ccc4c(c3)C(C)(C)C3C=CC=CC43)c3ccc(N4c5ccccc5CCc5ccccc54)cc23)c1. The smallest absolute Gasteiger partial charge is 0.0493 e. The van der Waals surface area contributed by atoms with Gasteiger partial charge in [0.1, 0.15) is 0 Å². The van der Waals surface area contributed by atoms with Crippen LogP contribution in [0.3, 0.4) is 0 Å². The lowest BCUT2D eigenvalue weighted by molar-refractivity contribution is 0.394. The van der Waals surface area contributed by atoms with E-state index in [-0.39, 0.29) is 5.41 Å². The lowest BCUT2D eigenvalue weighted by atomic mass is 9.74. The van der Waals surface area contributed by atoms with Crippen molar-refractivity contribution in [2.45, 2.75) is 64.7 Å². The molecule has 2 heteroatoms. The predicted octanol–water partition coefficient (Wildman–Crippen LogP) is 17.2. The number of rotatable bonds is 4. The minimum atomic E-state index is -0.0206. The number of allylic oxidation sites excluding steroid dienone is 4. The van der Waals surface area contributed by atoms with E-state index < -0.39 is 0 Å². The molecule has 4 aliphatic rings. The maximum atomic E-state index is 2.57. The molecular weight excluding hydrogens is 809 g/mol. The fourth-order valence-electron chi connectivity index (χ4n) is 12.7. The molecule has 0 spiro atoms. The third kappa shape index (κ3) is 6.30. The van der Waals surface area contributed by atoms with E-state index in [2.05, 4.69) is 232 Å². The van der Waals surface area contributed by atoms with Crippen LogP contribution in [-0.4, -0.2) is 0 Å². The number of hydrogen-bond donors (Lipinski definition) is 0. The average Bonchev–Trinajstić information content (AvgIpc) is 3.47. The summed E-state index contributed by atoms with van der Waals surface area (Å²) in [6.45, 7) is 9.40. The Kier molecular flexibility index (Phi) is 9.13.